The third-order valence-electron chi connectivity index (χ3n) is 1.13. The van der Waals surface area contributed by atoms with Gasteiger partial charge in [-0.15, -0.1) is 0 Å². The summed E-state index contributed by atoms with van der Waals surface area (Å²) in [5.74, 6) is 5.13. The van der Waals surface area contributed by atoms with Crippen molar-refractivity contribution in [1.29, 1.82) is 0 Å². The summed E-state index contributed by atoms with van der Waals surface area (Å²) in [6.45, 7) is -1.10. The van der Waals surface area contributed by atoms with Gasteiger partial charge in [0.25, 0.3) is 0 Å². The van der Waals surface area contributed by atoms with Crippen LogP contribution in [0.25, 0.3) is 0 Å². The van der Waals surface area contributed by atoms with E-state index in [1.54, 1.807) is 0 Å². The molecule has 0 atom stereocenters. The Morgan fingerprint density at radius 3 is 2.67 bits per heavy atom. The summed E-state index contributed by atoms with van der Waals surface area (Å²) in [6, 6.07) is 1.35. The minimum atomic E-state index is -4.25. The molecular weight excluding hydrogens is 173 g/mol. The van der Waals surface area contributed by atoms with Crippen LogP contribution < -0.4 is 11.3 Å². The number of nitrogens with zero attached hydrogens (tertiary/aromatic N) is 2. The topological polar surface area (TPSA) is 55.9 Å². The minimum Gasteiger partial charge on any atom is -0.307 e. The fourth-order valence-corrected chi connectivity index (χ4v) is 0.710. The van der Waals surface area contributed by atoms with E-state index in [0.717, 1.165) is 4.68 Å². The first-order valence-corrected chi connectivity index (χ1v) is 3.08. The van der Waals surface area contributed by atoms with Crippen molar-refractivity contribution >= 4 is 5.82 Å². The van der Waals surface area contributed by atoms with Crippen molar-refractivity contribution in [3.8, 4) is 0 Å². The highest BCUT2D eigenvalue weighted by Gasteiger charge is 2.28. The predicted molar refractivity (Wildman–Crippen MR) is 36.1 cm³/mol. The summed E-state index contributed by atoms with van der Waals surface area (Å²) in [5.41, 5.74) is 2.13. The Labute approximate surface area is 66.1 Å². The van der Waals surface area contributed by atoms with Crippen LogP contribution in [-0.4, -0.2) is 16.0 Å². The summed E-state index contributed by atoms with van der Waals surface area (Å²) < 4.78 is 36.0. The summed E-state index contributed by atoms with van der Waals surface area (Å²) in [5, 5.41) is 3.47. The highest BCUT2D eigenvalue weighted by molar-refractivity contribution is 5.29. The maximum Gasteiger partial charge on any atom is 0.408 e. The summed E-state index contributed by atoms with van der Waals surface area (Å²) in [6.07, 6.45) is -3.05. The van der Waals surface area contributed by atoms with Crippen LogP contribution in [0.3, 0.4) is 0 Å². The van der Waals surface area contributed by atoms with Crippen molar-refractivity contribution in [2.24, 2.45) is 5.84 Å². The van der Waals surface area contributed by atoms with Gasteiger partial charge in [0.05, 0.1) is 0 Å². The van der Waals surface area contributed by atoms with Crippen molar-refractivity contribution in [2.45, 2.75) is 12.7 Å². The molecule has 4 nitrogen and oxygen atoms in total. The van der Waals surface area contributed by atoms with Crippen molar-refractivity contribution < 1.29 is 13.2 Å². The van der Waals surface area contributed by atoms with Crippen molar-refractivity contribution in [3.05, 3.63) is 12.3 Å². The van der Waals surface area contributed by atoms with Crippen LogP contribution >= 0.6 is 0 Å². The molecule has 1 aromatic heterocycles. The molecule has 0 unspecified atom stereocenters. The van der Waals surface area contributed by atoms with Gasteiger partial charge in [0.2, 0.25) is 0 Å². The lowest BCUT2D eigenvalue weighted by Crippen LogP contribution is -2.18. The van der Waals surface area contributed by atoms with Crippen molar-refractivity contribution in [1.82, 2.24) is 9.78 Å². The standard InChI is InChI=1S/C5H7F3N4/c6-5(7,8)3-12-2-1-4(10-9)11-12/h1-2H,3,9H2,(H,10,11). The maximum atomic E-state index is 11.7. The average Bonchev–Trinajstić information content (AvgIpc) is 2.32. The molecule has 0 aliphatic carbocycles. The quantitative estimate of drug-likeness (QED) is 0.521. The first-order valence-electron chi connectivity index (χ1n) is 3.08. The van der Waals surface area contributed by atoms with Gasteiger partial charge in [0.15, 0.2) is 5.82 Å². The van der Waals surface area contributed by atoms with E-state index in [0.29, 0.717) is 0 Å². The molecular formula is C5H7F3N4. The van der Waals surface area contributed by atoms with Gasteiger partial charge < -0.3 is 5.43 Å². The Kier molecular flexibility index (Phi) is 2.22. The van der Waals surface area contributed by atoms with E-state index >= 15 is 0 Å². The van der Waals surface area contributed by atoms with E-state index in [2.05, 4.69) is 10.5 Å². The van der Waals surface area contributed by atoms with E-state index in [9.17, 15) is 13.2 Å². The highest BCUT2D eigenvalue weighted by Crippen LogP contribution is 2.17. The number of alkyl halides is 3. The second kappa shape index (κ2) is 3.02. The van der Waals surface area contributed by atoms with Crippen molar-refractivity contribution in [2.75, 3.05) is 5.43 Å². The number of nitrogens with two attached hydrogens (primary N) is 1. The number of nitrogen functional groups attached to an aromatic ring is 1. The highest BCUT2D eigenvalue weighted by atomic mass is 19.4. The SMILES string of the molecule is NNc1ccn(CC(F)(F)F)n1. The van der Waals surface area contributed by atoms with Crippen LogP contribution in [0.4, 0.5) is 19.0 Å². The number of hydrogen-bond acceptors (Lipinski definition) is 3. The largest absolute Gasteiger partial charge is 0.408 e. The van der Waals surface area contributed by atoms with E-state index in [4.69, 9.17) is 5.84 Å². The molecule has 68 valence electrons. The molecule has 0 spiro atoms. The third kappa shape index (κ3) is 2.42. The van der Waals surface area contributed by atoms with E-state index < -0.39 is 12.7 Å². The molecule has 1 aromatic rings. The fraction of sp³-hybridized carbons (Fsp3) is 0.400. The fourth-order valence-electron chi connectivity index (χ4n) is 0.710. The average molecular weight is 180 g/mol. The third-order valence-corrected chi connectivity index (χ3v) is 1.13. The van der Waals surface area contributed by atoms with Gasteiger partial charge in [-0.3, -0.25) is 4.68 Å². The first-order chi connectivity index (χ1) is 5.51. The Balaban J connectivity index is 2.64. The Morgan fingerprint density at radius 2 is 2.25 bits per heavy atom. The molecule has 1 heterocycles. The van der Waals surface area contributed by atoms with E-state index in [-0.39, 0.29) is 5.82 Å². The normalized spacial score (nSPS) is 11.7. The van der Waals surface area contributed by atoms with E-state index in [1.165, 1.54) is 12.3 Å². The number of halogens is 3. The molecule has 0 saturated carbocycles. The molecule has 0 radical (unpaired) electrons. The molecule has 0 bridgehead atoms. The van der Waals surface area contributed by atoms with Crippen LogP contribution in [0.5, 0.6) is 0 Å². The van der Waals surface area contributed by atoms with Gasteiger partial charge in [-0.05, 0) is 0 Å². The van der Waals surface area contributed by atoms with Gasteiger partial charge in [0.1, 0.15) is 6.54 Å². The Morgan fingerprint density at radius 1 is 1.58 bits per heavy atom. The predicted octanol–water partition coefficient (Wildman–Crippen LogP) is 0.731. The zero-order chi connectivity index (χ0) is 9.19. The Bertz CT molecular complexity index is 253. The number of hydrazine groups is 1. The molecule has 0 aromatic carbocycles. The van der Waals surface area contributed by atoms with Crippen LogP contribution in [0.2, 0.25) is 0 Å². The molecule has 0 amide bonds. The molecule has 12 heavy (non-hydrogen) atoms. The number of hydrogen-bond donors (Lipinski definition) is 2. The molecule has 0 aliphatic heterocycles. The second-order valence-corrected chi connectivity index (χ2v) is 2.16. The smallest absolute Gasteiger partial charge is 0.307 e. The van der Waals surface area contributed by atoms with Crippen LogP contribution in [-0.2, 0) is 6.54 Å². The number of anilines is 1. The van der Waals surface area contributed by atoms with Crippen LogP contribution in [0.1, 0.15) is 0 Å². The molecule has 0 saturated heterocycles. The second-order valence-electron chi connectivity index (χ2n) is 2.16. The number of aromatic nitrogens is 2. The lowest BCUT2D eigenvalue weighted by atomic mass is 10.6. The number of rotatable bonds is 2. The number of nitrogens with one attached hydrogen (secondary N) is 1. The summed E-state index contributed by atoms with van der Waals surface area (Å²) >= 11 is 0. The molecule has 0 aliphatic rings. The van der Waals surface area contributed by atoms with Gasteiger partial charge in [-0.25, -0.2) is 5.84 Å². The lowest BCUT2D eigenvalue weighted by molar-refractivity contribution is -0.142. The van der Waals surface area contributed by atoms with E-state index in [1.807, 2.05) is 0 Å². The van der Waals surface area contributed by atoms with Gasteiger partial charge in [-0.2, -0.15) is 18.3 Å². The zero-order valence-corrected chi connectivity index (χ0v) is 5.97. The summed E-state index contributed by atoms with van der Waals surface area (Å²) in [7, 11) is 0. The Hall–Kier alpha value is -1.24. The van der Waals surface area contributed by atoms with Crippen LogP contribution in [0.15, 0.2) is 12.3 Å². The van der Waals surface area contributed by atoms with Gasteiger partial charge in [-0.1, -0.05) is 0 Å². The minimum absolute atomic E-state index is 0.208. The molecule has 7 heteroatoms. The monoisotopic (exact) mass is 180 g/mol. The zero-order valence-electron chi connectivity index (χ0n) is 5.97. The van der Waals surface area contributed by atoms with Crippen molar-refractivity contribution in [3.63, 3.8) is 0 Å². The molecule has 0 fully saturated rings. The van der Waals surface area contributed by atoms with Gasteiger partial charge in [0, 0.05) is 12.3 Å². The first kappa shape index (κ1) is 8.85. The molecule has 1 rings (SSSR count). The lowest BCUT2D eigenvalue weighted by Gasteiger charge is -2.04. The maximum absolute atomic E-state index is 11.7. The molecule has 3 N–H and O–H groups in total. The van der Waals surface area contributed by atoms with Crippen LogP contribution in [0, 0.1) is 0 Å². The van der Waals surface area contributed by atoms with Gasteiger partial charge >= 0.3 is 6.18 Å². The summed E-state index contributed by atoms with van der Waals surface area (Å²) in [4.78, 5) is 0.